The first kappa shape index (κ1) is 15.6. The normalized spacial score (nSPS) is 10.9. The number of aromatic nitrogens is 2. The first-order valence-corrected chi connectivity index (χ1v) is 9.02. The van der Waals surface area contributed by atoms with Crippen molar-refractivity contribution >= 4 is 28.1 Å². The van der Waals surface area contributed by atoms with Gasteiger partial charge in [-0.3, -0.25) is 9.78 Å². The SMILES string of the molecule is O=C(Cc1c[nH]c2ccccc12)NCc1cncc(-c2ccsc2)c1. The van der Waals surface area contributed by atoms with E-state index in [9.17, 15) is 4.79 Å². The molecule has 3 aromatic heterocycles. The van der Waals surface area contributed by atoms with Crippen LogP contribution in [0.15, 0.2) is 65.7 Å². The van der Waals surface area contributed by atoms with Gasteiger partial charge in [0.15, 0.2) is 0 Å². The topological polar surface area (TPSA) is 57.8 Å². The van der Waals surface area contributed by atoms with E-state index in [2.05, 4.69) is 32.8 Å². The maximum absolute atomic E-state index is 12.3. The van der Waals surface area contributed by atoms with Gasteiger partial charge in [0.2, 0.25) is 5.91 Å². The van der Waals surface area contributed by atoms with Crippen LogP contribution in [0, 0.1) is 0 Å². The molecule has 0 saturated heterocycles. The summed E-state index contributed by atoms with van der Waals surface area (Å²) in [6.07, 6.45) is 5.91. The number of carbonyl (C=O) groups is 1. The van der Waals surface area contributed by atoms with Crippen molar-refractivity contribution in [3.05, 3.63) is 76.9 Å². The Kier molecular flexibility index (Phi) is 4.31. The molecule has 1 aromatic carbocycles. The zero-order valence-corrected chi connectivity index (χ0v) is 14.3. The van der Waals surface area contributed by atoms with E-state index in [4.69, 9.17) is 0 Å². The van der Waals surface area contributed by atoms with Gasteiger partial charge >= 0.3 is 0 Å². The Morgan fingerprint density at radius 3 is 2.96 bits per heavy atom. The van der Waals surface area contributed by atoms with Gasteiger partial charge in [-0.15, -0.1) is 0 Å². The van der Waals surface area contributed by atoms with Crippen LogP contribution in [0.3, 0.4) is 0 Å². The standard InChI is InChI=1S/C20H17N3OS/c24-20(8-17-12-22-19-4-2-1-3-18(17)19)23-10-14-7-16(11-21-9-14)15-5-6-25-13-15/h1-7,9,11-13,22H,8,10H2,(H,23,24). The van der Waals surface area contributed by atoms with Gasteiger partial charge in [0, 0.05) is 41.6 Å². The van der Waals surface area contributed by atoms with Crippen molar-refractivity contribution in [1.82, 2.24) is 15.3 Å². The summed E-state index contributed by atoms with van der Waals surface area (Å²) in [5, 5.41) is 8.22. The van der Waals surface area contributed by atoms with Gasteiger partial charge in [-0.2, -0.15) is 11.3 Å². The maximum Gasteiger partial charge on any atom is 0.224 e. The van der Waals surface area contributed by atoms with E-state index in [1.54, 1.807) is 17.5 Å². The number of thiophene rings is 1. The van der Waals surface area contributed by atoms with Crippen LogP contribution in [0.5, 0.6) is 0 Å². The molecule has 0 fully saturated rings. The third-order valence-corrected chi connectivity index (χ3v) is 4.85. The first-order valence-electron chi connectivity index (χ1n) is 8.08. The van der Waals surface area contributed by atoms with Crippen molar-refractivity contribution in [2.75, 3.05) is 0 Å². The average molecular weight is 347 g/mol. The lowest BCUT2D eigenvalue weighted by molar-refractivity contribution is -0.120. The van der Waals surface area contributed by atoms with Crippen LogP contribution in [0.25, 0.3) is 22.0 Å². The Balaban J connectivity index is 1.41. The monoisotopic (exact) mass is 347 g/mol. The molecule has 0 aliphatic rings. The van der Waals surface area contributed by atoms with Crippen molar-refractivity contribution in [2.45, 2.75) is 13.0 Å². The number of para-hydroxylation sites is 1. The number of carbonyl (C=O) groups excluding carboxylic acids is 1. The molecule has 0 bridgehead atoms. The second-order valence-corrected chi connectivity index (χ2v) is 6.69. The van der Waals surface area contributed by atoms with E-state index in [1.807, 2.05) is 42.0 Å². The molecule has 4 aromatic rings. The van der Waals surface area contributed by atoms with Crippen LogP contribution in [0.1, 0.15) is 11.1 Å². The highest BCUT2D eigenvalue weighted by Crippen LogP contribution is 2.22. The van der Waals surface area contributed by atoms with Crippen molar-refractivity contribution in [2.24, 2.45) is 0 Å². The highest BCUT2D eigenvalue weighted by molar-refractivity contribution is 7.08. The summed E-state index contributed by atoms with van der Waals surface area (Å²) in [5.41, 5.74) is 5.29. The van der Waals surface area contributed by atoms with Crippen molar-refractivity contribution in [1.29, 1.82) is 0 Å². The van der Waals surface area contributed by atoms with Gasteiger partial charge < -0.3 is 10.3 Å². The van der Waals surface area contributed by atoms with Crippen molar-refractivity contribution in [3.8, 4) is 11.1 Å². The molecule has 3 heterocycles. The molecule has 0 aliphatic carbocycles. The Morgan fingerprint density at radius 2 is 2.08 bits per heavy atom. The molecule has 0 saturated carbocycles. The van der Waals surface area contributed by atoms with Crippen LogP contribution < -0.4 is 5.32 Å². The Morgan fingerprint density at radius 1 is 1.16 bits per heavy atom. The molecule has 0 aliphatic heterocycles. The third kappa shape index (κ3) is 3.46. The van der Waals surface area contributed by atoms with E-state index in [-0.39, 0.29) is 5.91 Å². The molecule has 25 heavy (non-hydrogen) atoms. The Labute approximate surface area is 149 Å². The van der Waals surface area contributed by atoms with Crippen LogP contribution in [-0.2, 0) is 17.8 Å². The number of benzene rings is 1. The lowest BCUT2D eigenvalue weighted by Gasteiger charge is -2.06. The first-order chi connectivity index (χ1) is 12.3. The average Bonchev–Trinajstić information content (AvgIpc) is 3.31. The predicted octanol–water partition coefficient (Wildman–Crippen LogP) is 4.15. The number of hydrogen-bond acceptors (Lipinski definition) is 3. The summed E-state index contributed by atoms with van der Waals surface area (Å²) in [6, 6.07) is 12.2. The van der Waals surface area contributed by atoms with E-state index in [1.165, 1.54) is 0 Å². The van der Waals surface area contributed by atoms with E-state index >= 15 is 0 Å². The summed E-state index contributed by atoms with van der Waals surface area (Å²) < 4.78 is 0. The fourth-order valence-electron chi connectivity index (χ4n) is 2.88. The van der Waals surface area contributed by atoms with Crippen LogP contribution >= 0.6 is 11.3 Å². The lowest BCUT2D eigenvalue weighted by Crippen LogP contribution is -2.24. The van der Waals surface area contributed by atoms with Crippen molar-refractivity contribution < 1.29 is 4.79 Å². The third-order valence-electron chi connectivity index (χ3n) is 4.16. The zero-order chi connectivity index (χ0) is 17.1. The van der Waals surface area contributed by atoms with E-state index < -0.39 is 0 Å². The molecule has 0 unspecified atom stereocenters. The van der Waals surface area contributed by atoms with Gasteiger partial charge in [-0.05, 0) is 45.6 Å². The number of aromatic amines is 1. The number of rotatable bonds is 5. The molecule has 124 valence electrons. The molecule has 0 atom stereocenters. The largest absolute Gasteiger partial charge is 0.361 e. The summed E-state index contributed by atoms with van der Waals surface area (Å²) in [7, 11) is 0. The van der Waals surface area contributed by atoms with Crippen LogP contribution in [0.2, 0.25) is 0 Å². The molecular formula is C20H17N3OS. The summed E-state index contributed by atoms with van der Waals surface area (Å²) in [5.74, 6) is 0.00527. The minimum Gasteiger partial charge on any atom is -0.361 e. The van der Waals surface area contributed by atoms with Gasteiger partial charge in [-0.1, -0.05) is 18.2 Å². The lowest BCUT2D eigenvalue weighted by atomic mass is 10.1. The molecule has 0 radical (unpaired) electrons. The Hall–Kier alpha value is -2.92. The number of nitrogens with zero attached hydrogens (tertiary/aromatic N) is 1. The number of nitrogens with one attached hydrogen (secondary N) is 2. The van der Waals surface area contributed by atoms with E-state index in [0.717, 1.165) is 33.2 Å². The maximum atomic E-state index is 12.3. The minimum absolute atomic E-state index is 0.00527. The molecule has 1 amide bonds. The molecule has 4 nitrogen and oxygen atoms in total. The van der Waals surface area contributed by atoms with Gasteiger partial charge in [0.05, 0.1) is 6.42 Å². The summed E-state index contributed by atoms with van der Waals surface area (Å²) in [4.78, 5) is 19.8. The second kappa shape index (κ2) is 6.91. The molecule has 4 rings (SSSR count). The van der Waals surface area contributed by atoms with Crippen molar-refractivity contribution in [3.63, 3.8) is 0 Å². The smallest absolute Gasteiger partial charge is 0.224 e. The molecule has 5 heteroatoms. The van der Waals surface area contributed by atoms with Gasteiger partial charge in [0.1, 0.15) is 0 Å². The fourth-order valence-corrected chi connectivity index (χ4v) is 3.55. The summed E-state index contributed by atoms with van der Waals surface area (Å²) >= 11 is 1.66. The minimum atomic E-state index is 0.00527. The fraction of sp³-hybridized carbons (Fsp3) is 0.100. The van der Waals surface area contributed by atoms with Gasteiger partial charge in [0.25, 0.3) is 0 Å². The number of hydrogen-bond donors (Lipinski definition) is 2. The molecule has 2 N–H and O–H groups in total. The van der Waals surface area contributed by atoms with Crippen LogP contribution in [0.4, 0.5) is 0 Å². The predicted molar refractivity (Wildman–Crippen MR) is 101 cm³/mol. The second-order valence-electron chi connectivity index (χ2n) is 5.91. The highest BCUT2D eigenvalue weighted by atomic mass is 32.1. The van der Waals surface area contributed by atoms with Crippen LogP contribution in [-0.4, -0.2) is 15.9 Å². The number of fused-ring (bicyclic) bond motifs is 1. The van der Waals surface area contributed by atoms with E-state index in [0.29, 0.717) is 13.0 Å². The zero-order valence-electron chi connectivity index (χ0n) is 13.5. The quantitative estimate of drug-likeness (QED) is 0.570. The number of pyridine rings is 1. The Bertz CT molecular complexity index is 1000. The number of amides is 1. The number of H-pyrrole nitrogens is 1. The molecule has 0 spiro atoms. The summed E-state index contributed by atoms with van der Waals surface area (Å²) in [6.45, 7) is 0.478. The molecular weight excluding hydrogens is 330 g/mol. The highest BCUT2D eigenvalue weighted by Gasteiger charge is 2.09. The van der Waals surface area contributed by atoms with Gasteiger partial charge in [-0.25, -0.2) is 0 Å².